The van der Waals surface area contributed by atoms with E-state index in [0.29, 0.717) is 56.5 Å². The van der Waals surface area contributed by atoms with Crippen molar-refractivity contribution in [2.24, 2.45) is 0 Å². The van der Waals surface area contributed by atoms with E-state index in [1.165, 1.54) is 12.1 Å². The second kappa shape index (κ2) is 10.5. The molecular formula is C22H30FN5O3. The van der Waals surface area contributed by atoms with Crippen molar-refractivity contribution < 1.29 is 13.9 Å². The van der Waals surface area contributed by atoms with E-state index < -0.39 is 0 Å². The zero-order chi connectivity index (χ0) is 22.4. The number of hydrogen-bond acceptors (Lipinski definition) is 6. The summed E-state index contributed by atoms with van der Waals surface area (Å²) in [7, 11) is 3.76. The Morgan fingerprint density at radius 2 is 2.10 bits per heavy atom. The number of anilines is 1. The molecule has 9 heteroatoms. The van der Waals surface area contributed by atoms with Gasteiger partial charge in [0.05, 0.1) is 19.3 Å². The Labute approximate surface area is 181 Å². The summed E-state index contributed by atoms with van der Waals surface area (Å²) in [4.78, 5) is 36.3. The number of rotatable bonds is 8. The average molecular weight is 432 g/mol. The highest BCUT2D eigenvalue weighted by Gasteiger charge is 2.18. The van der Waals surface area contributed by atoms with Gasteiger partial charge in [-0.3, -0.25) is 14.6 Å². The molecule has 168 valence electrons. The van der Waals surface area contributed by atoms with E-state index in [1.807, 2.05) is 30.0 Å². The molecule has 1 aliphatic rings. The number of aromatic nitrogens is 2. The van der Waals surface area contributed by atoms with Crippen LogP contribution in [0.3, 0.4) is 0 Å². The molecule has 1 amide bonds. The number of ether oxygens (including phenoxy) is 1. The highest BCUT2D eigenvalue weighted by atomic mass is 19.1. The Morgan fingerprint density at radius 1 is 1.35 bits per heavy atom. The number of amides is 1. The maximum Gasteiger partial charge on any atom is 0.255 e. The maximum atomic E-state index is 13.6. The van der Waals surface area contributed by atoms with E-state index in [1.54, 1.807) is 13.0 Å². The smallest absolute Gasteiger partial charge is 0.255 e. The summed E-state index contributed by atoms with van der Waals surface area (Å²) in [5, 5.41) is 2.90. The lowest BCUT2D eigenvalue weighted by Crippen LogP contribution is -2.39. The minimum absolute atomic E-state index is 0.153. The number of hydrogen-bond donors (Lipinski definition) is 2. The van der Waals surface area contributed by atoms with Crippen molar-refractivity contribution >= 4 is 11.9 Å². The van der Waals surface area contributed by atoms with Gasteiger partial charge in [-0.15, -0.1) is 0 Å². The van der Waals surface area contributed by atoms with E-state index in [9.17, 15) is 14.0 Å². The van der Waals surface area contributed by atoms with Crippen LogP contribution in [0.15, 0.2) is 29.1 Å². The van der Waals surface area contributed by atoms with Crippen molar-refractivity contribution in [1.29, 1.82) is 0 Å². The first-order valence-corrected chi connectivity index (χ1v) is 10.5. The summed E-state index contributed by atoms with van der Waals surface area (Å²) in [5.74, 6) is 0.0700. The molecule has 1 aromatic heterocycles. The van der Waals surface area contributed by atoms with Crippen LogP contribution < -0.4 is 15.8 Å². The molecule has 0 spiro atoms. The van der Waals surface area contributed by atoms with Gasteiger partial charge >= 0.3 is 0 Å². The largest absolute Gasteiger partial charge is 0.378 e. The van der Waals surface area contributed by atoms with Gasteiger partial charge in [0.15, 0.2) is 0 Å². The molecule has 0 saturated carbocycles. The van der Waals surface area contributed by atoms with Crippen molar-refractivity contribution in [3.05, 3.63) is 57.3 Å². The second-order valence-electron chi connectivity index (χ2n) is 7.89. The lowest BCUT2D eigenvalue weighted by atomic mass is 10.1. The van der Waals surface area contributed by atoms with Gasteiger partial charge in [0.1, 0.15) is 5.82 Å². The lowest BCUT2D eigenvalue weighted by Gasteiger charge is -2.27. The Kier molecular flexibility index (Phi) is 7.75. The predicted octanol–water partition coefficient (Wildman–Crippen LogP) is 1.41. The molecular weight excluding hydrogens is 401 g/mol. The molecule has 0 aliphatic carbocycles. The topological polar surface area (TPSA) is 90.6 Å². The maximum absolute atomic E-state index is 13.6. The number of carbonyl (C=O) groups is 1. The van der Waals surface area contributed by atoms with Crippen molar-refractivity contribution in [3.63, 3.8) is 0 Å². The number of benzene rings is 1. The third-order valence-corrected chi connectivity index (χ3v) is 5.47. The van der Waals surface area contributed by atoms with Gasteiger partial charge in [-0.25, -0.2) is 9.37 Å². The summed E-state index contributed by atoms with van der Waals surface area (Å²) in [6.07, 6.45) is 0.474. The summed E-state index contributed by atoms with van der Waals surface area (Å²) in [6, 6.07) is 6.21. The molecule has 3 rings (SSSR count). The zero-order valence-electron chi connectivity index (χ0n) is 18.3. The molecule has 1 unspecified atom stereocenters. The number of likely N-dealkylation sites (N-methyl/N-ethyl adjacent to an activating group) is 1. The van der Waals surface area contributed by atoms with E-state index in [2.05, 4.69) is 15.3 Å². The minimum Gasteiger partial charge on any atom is -0.378 e. The van der Waals surface area contributed by atoms with E-state index in [0.717, 1.165) is 5.56 Å². The van der Waals surface area contributed by atoms with Crippen LogP contribution in [0, 0.1) is 12.7 Å². The molecule has 1 atom stereocenters. The zero-order valence-corrected chi connectivity index (χ0v) is 18.3. The lowest BCUT2D eigenvalue weighted by molar-refractivity contribution is -0.121. The van der Waals surface area contributed by atoms with E-state index in [-0.39, 0.29) is 29.7 Å². The predicted molar refractivity (Wildman–Crippen MR) is 117 cm³/mol. The summed E-state index contributed by atoms with van der Waals surface area (Å²) in [6.45, 7) is 4.71. The molecule has 1 aromatic carbocycles. The first kappa shape index (κ1) is 22.9. The SMILES string of the molecule is Cc1nc(N2CCOCC2)[nH]c(=O)c1CCC(=O)NCC(c1cccc(F)c1)N(C)C. The van der Waals surface area contributed by atoms with E-state index >= 15 is 0 Å². The van der Waals surface area contributed by atoms with Crippen LogP contribution in [0.5, 0.6) is 0 Å². The molecule has 2 N–H and O–H groups in total. The van der Waals surface area contributed by atoms with Crippen LogP contribution in [0.2, 0.25) is 0 Å². The molecule has 1 fully saturated rings. The second-order valence-corrected chi connectivity index (χ2v) is 7.89. The highest BCUT2D eigenvalue weighted by Crippen LogP contribution is 2.18. The highest BCUT2D eigenvalue weighted by molar-refractivity contribution is 5.76. The first-order chi connectivity index (χ1) is 14.8. The summed E-state index contributed by atoms with van der Waals surface area (Å²) < 4.78 is 18.9. The fourth-order valence-electron chi connectivity index (χ4n) is 3.66. The van der Waals surface area contributed by atoms with Gasteiger partial charge in [-0.2, -0.15) is 0 Å². The van der Waals surface area contributed by atoms with E-state index in [4.69, 9.17) is 4.74 Å². The Hall–Kier alpha value is -2.78. The van der Waals surface area contributed by atoms with Crippen LogP contribution in [0.1, 0.15) is 29.3 Å². The van der Waals surface area contributed by atoms with Gasteiger partial charge < -0.3 is 19.9 Å². The van der Waals surface area contributed by atoms with Crippen molar-refractivity contribution in [3.8, 4) is 0 Å². The molecule has 0 bridgehead atoms. The normalized spacial score (nSPS) is 15.2. The number of H-pyrrole nitrogens is 1. The van der Waals surface area contributed by atoms with Crippen molar-refractivity contribution in [1.82, 2.24) is 20.2 Å². The Bertz CT molecular complexity index is 956. The van der Waals surface area contributed by atoms with Crippen LogP contribution in [0.25, 0.3) is 0 Å². The quantitative estimate of drug-likeness (QED) is 0.657. The van der Waals surface area contributed by atoms with Gasteiger partial charge in [-0.05, 0) is 45.1 Å². The molecule has 2 aromatic rings. The van der Waals surface area contributed by atoms with Crippen LogP contribution in [-0.4, -0.2) is 67.7 Å². The monoisotopic (exact) mass is 431 g/mol. The molecule has 1 saturated heterocycles. The van der Waals surface area contributed by atoms with Gasteiger partial charge in [0, 0.05) is 37.3 Å². The molecule has 31 heavy (non-hydrogen) atoms. The molecule has 0 radical (unpaired) electrons. The number of aryl methyl sites for hydroxylation is 1. The van der Waals surface area contributed by atoms with Gasteiger partial charge in [0.2, 0.25) is 11.9 Å². The summed E-state index contributed by atoms with van der Waals surface area (Å²) in [5.41, 5.74) is 1.72. The minimum atomic E-state index is -0.307. The average Bonchev–Trinajstić information content (AvgIpc) is 2.73. The fourth-order valence-corrected chi connectivity index (χ4v) is 3.66. The third-order valence-electron chi connectivity index (χ3n) is 5.47. The molecule has 1 aliphatic heterocycles. The first-order valence-electron chi connectivity index (χ1n) is 10.5. The number of nitrogens with zero attached hydrogens (tertiary/aromatic N) is 3. The van der Waals surface area contributed by atoms with Crippen molar-refractivity contribution in [2.45, 2.75) is 25.8 Å². The number of morpholine rings is 1. The van der Waals surface area contributed by atoms with Crippen LogP contribution >= 0.6 is 0 Å². The Balaban J connectivity index is 1.58. The molecule has 8 nitrogen and oxygen atoms in total. The fraction of sp³-hybridized carbons (Fsp3) is 0.500. The summed E-state index contributed by atoms with van der Waals surface area (Å²) >= 11 is 0. The van der Waals surface area contributed by atoms with Crippen LogP contribution in [0.4, 0.5) is 10.3 Å². The number of aromatic amines is 1. The van der Waals surface area contributed by atoms with Crippen molar-refractivity contribution in [2.75, 3.05) is 51.8 Å². The number of carbonyl (C=O) groups excluding carboxylic acids is 1. The number of nitrogens with one attached hydrogen (secondary N) is 2. The van der Waals surface area contributed by atoms with Crippen LogP contribution in [-0.2, 0) is 16.0 Å². The third kappa shape index (κ3) is 6.11. The molecule has 2 heterocycles. The van der Waals surface area contributed by atoms with Gasteiger partial charge in [-0.1, -0.05) is 12.1 Å². The Morgan fingerprint density at radius 3 is 2.74 bits per heavy atom. The van der Waals surface area contributed by atoms with Gasteiger partial charge in [0.25, 0.3) is 5.56 Å². The standard InChI is InChI=1S/C22H30FN5O3/c1-15-18(21(30)26-22(25-15)28-9-11-31-12-10-28)7-8-20(29)24-14-19(27(2)3)16-5-4-6-17(23)13-16/h4-6,13,19H,7-12,14H2,1-3H3,(H,24,29)(H,25,26,30). The number of halogens is 1.